The molecule has 4 aromatic rings. The van der Waals surface area contributed by atoms with Gasteiger partial charge >= 0.3 is 6.18 Å². The molecule has 0 spiro atoms. The Balaban J connectivity index is 1.62. The minimum Gasteiger partial charge on any atom is -0.372 e. The number of aromatic nitrogens is 1. The maximum atomic E-state index is 13.0. The SMILES string of the molecule is FC(F)(F)c1cccc(COCc2cccc(-c3ccccc3)c2-c2cccnc2)c1. The molecule has 0 atom stereocenters. The van der Waals surface area contributed by atoms with Gasteiger partial charge in [0.25, 0.3) is 0 Å². The number of ether oxygens (including phenoxy) is 1. The van der Waals surface area contributed by atoms with Gasteiger partial charge in [-0.2, -0.15) is 13.2 Å². The summed E-state index contributed by atoms with van der Waals surface area (Å²) in [6.07, 6.45) is -0.843. The van der Waals surface area contributed by atoms with Crippen LogP contribution in [0.25, 0.3) is 22.3 Å². The maximum Gasteiger partial charge on any atom is 0.416 e. The number of rotatable bonds is 6. The first-order chi connectivity index (χ1) is 15.0. The summed E-state index contributed by atoms with van der Waals surface area (Å²) in [6, 6.07) is 25.1. The van der Waals surface area contributed by atoms with Crippen molar-refractivity contribution in [3.8, 4) is 22.3 Å². The highest BCUT2D eigenvalue weighted by Gasteiger charge is 2.30. The summed E-state index contributed by atoms with van der Waals surface area (Å²) in [6.45, 7) is 0.354. The second-order valence-corrected chi connectivity index (χ2v) is 7.14. The van der Waals surface area contributed by atoms with Crippen LogP contribution in [0, 0.1) is 0 Å². The number of pyridine rings is 1. The zero-order chi connectivity index (χ0) is 21.7. The van der Waals surface area contributed by atoms with Crippen molar-refractivity contribution >= 4 is 0 Å². The molecule has 0 fully saturated rings. The molecule has 0 saturated heterocycles. The lowest BCUT2D eigenvalue weighted by atomic mass is 9.91. The first-order valence-electron chi connectivity index (χ1n) is 9.84. The number of hydrogen-bond acceptors (Lipinski definition) is 2. The number of alkyl halides is 3. The minimum atomic E-state index is -4.37. The normalized spacial score (nSPS) is 11.5. The van der Waals surface area contributed by atoms with Crippen LogP contribution in [0.4, 0.5) is 13.2 Å². The fourth-order valence-corrected chi connectivity index (χ4v) is 3.55. The Morgan fingerprint density at radius 1 is 0.742 bits per heavy atom. The highest BCUT2D eigenvalue weighted by molar-refractivity contribution is 5.85. The average molecular weight is 419 g/mol. The zero-order valence-corrected chi connectivity index (χ0v) is 16.6. The lowest BCUT2D eigenvalue weighted by Gasteiger charge is -2.16. The quantitative estimate of drug-likeness (QED) is 0.331. The topological polar surface area (TPSA) is 22.1 Å². The van der Waals surface area contributed by atoms with Crippen molar-refractivity contribution in [1.82, 2.24) is 4.98 Å². The van der Waals surface area contributed by atoms with Crippen molar-refractivity contribution in [2.24, 2.45) is 0 Å². The van der Waals surface area contributed by atoms with E-state index in [1.165, 1.54) is 6.07 Å². The molecule has 0 aliphatic carbocycles. The van der Waals surface area contributed by atoms with E-state index in [0.717, 1.165) is 39.9 Å². The number of benzene rings is 3. The van der Waals surface area contributed by atoms with E-state index >= 15 is 0 Å². The largest absolute Gasteiger partial charge is 0.416 e. The molecule has 0 radical (unpaired) electrons. The van der Waals surface area contributed by atoms with Crippen molar-refractivity contribution < 1.29 is 17.9 Å². The van der Waals surface area contributed by atoms with E-state index in [4.69, 9.17) is 4.74 Å². The summed E-state index contributed by atoms with van der Waals surface area (Å²) >= 11 is 0. The van der Waals surface area contributed by atoms with Crippen LogP contribution in [-0.4, -0.2) is 4.98 Å². The molecule has 3 aromatic carbocycles. The van der Waals surface area contributed by atoms with Gasteiger partial charge in [-0.15, -0.1) is 0 Å². The van der Waals surface area contributed by atoms with E-state index in [0.29, 0.717) is 5.56 Å². The third kappa shape index (κ3) is 5.01. The Morgan fingerprint density at radius 3 is 2.26 bits per heavy atom. The van der Waals surface area contributed by atoms with E-state index in [9.17, 15) is 13.2 Å². The predicted octanol–water partition coefficient (Wildman–Crippen LogP) is 7.15. The molecular weight excluding hydrogens is 399 g/mol. The molecule has 1 heterocycles. The number of hydrogen-bond donors (Lipinski definition) is 0. The highest BCUT2D eigenvalue weighted by atomic mass is 19.4. The Hall–Kier alpha value is -3.44. The van der Waals surface area contributed by atoms with Gasteiger partial charge in [-0.25, -0.2) is 0 Å². The van der Waals surface area contributed by atoms with Gasteiger partial charge in [0.2, 0.25) is 0 Å². The van der Waals surface area contributed by atoms with E-state index in [1.54, 1.807) is 18.5 Å². The van der Waals surface area contributed by atoms with E-state index in [1.807, 2.05) is 60.7 Å². The summed E-state index contributed by atoms with van der Waals surface area (Å²) in [7, 11) is 0. The Labute approximate surface area is 179 Å². The Bertz CT molecular complexity index is 1140. The van der Waals surface area contributed by atoms with Gasteiger partial charge in [0, 0.05) is 18.0 Å². The monoisotopic (exact) mass is 419 g/mol. The van der Waals surface area contributed by atoms with Crippen LogP contribution in [0.5, 0.6) is 0 Å². The van der Waals surface area contributed by atoms with Crippen LogP contribution in [0.1, 0.15) is 16.7 Å². The molecular formula is C26H20F3NO. The number of nitrogens with zero attached hydrogens (tertiary/aromatic N) is 1. The van der Waals surface area contributed by atoms with Crippen LogP contribution < -0.4 is 0 Å². The van der Waals surface area contributed by atoms with Crippen LogP contribution in [-0.2, 0) is 24.1 Å². The summed E-state index contributed by atoms with van der Waals surface area (Å²) in [4.78, 5) is 4.25. The standard InChI is InChI=1S/C26H20F3NO/c27-26(28,29)23-12-4-7-19(15-23)17-31-18-22-10-5-13-24(20-8-2-1-3-9-20)25(22)21-11-6-14-30-16-21/h1-16H,17-18H2. The van der Waals surface area contributed by atoms with Crippen molar-refractivity contribution in [2.75, 3.05) is 0 Å². The summed E-state index contributed by atoms with van der Waals surface area (Å²) < 4.78 is 44.7. The van der Waals surface area contributed by atoms with Gasteiger partial charge in [0.1, 0.15) is 0 Å². The first-order valence-corrected chi connectivity index (χ1v) is 9.84. The lowest BCUT2D eigenvalue weighted by molar-refractivity contribution is -0.137. The molecule has 4 rings (SSSR count). The molecule has 2 nitrogen and oxygen atoms in total. The second kappa shape index (κ2) is 9.14. The van der Waals surface area contributed by atoms with Crippen molar-refractivity contribution in [3.05, 3.63) is 114 Å². The molecule has 0 aliphatic heterocycles. The second-order valence-electron chi connectivity index (χ2n) is 7.14. The predicted molar refractivity (Wildman–Crippen MR) is 115 cm³/mol. The molecule has 156 valence electrons. The Morgan fingerprint density at radius 2 is 1.52 bits per heavy atom. The molecule has 0 amide bonds. The number of halogens is 3. The van der Waals surface area contributed by atoms with E-state index in [-0.39, 0.29) is 13.2 Å². The fraction of sp³-hybridized carbons (Fsp3) is 0.115. The first kappa shape index (κ1) is 20.8. The lowest BCUT2D eigenvalue weighted by Crippen LogP contribution is -2.05. The van der Waals surface area contributed by atoms with Gasteiger partial charge in [-0.05, 0) is 46.0 Å². The molecule has 0 bridgehead atoms. The fourth-order valence-electron chi connectivity index (χ4n) is 3.55. The summed E-state index contributed by atoms with van der Waals surface area (Å²) in [5.41, 5.74) is 4.84. The van der Waals surface area contributed by atoms with E-state index < -0.39 is 11.7 Å². The highest BCUT2D eigenvalue weighted by Crippen LogP contribution is 2.35. The van der Waals surface area contributed by atoms with E-state index in [2.05, 4.69) is 4.98 Å². The molecule has 5 heteroatoms. The van der Waals surface area contributed by atoms with Crippen molar-refractivity contribution in [3.63, 3.8) is 0 Å². The summed E-state index contributed by atoms with van der Waals surface area (Å²) in [5.74, 6) is 0. The zero-order valence-electron chi connectivity index (χ0n) is 16.6. The summed E-state index contributed by atoms with van der Waals surface area (Å²) in [5, 5.41) is 0. The van der Waals surface area contributed by atoms with Gasteiger partial charge in [0.15, 0.2) is 0 Å². The van der Waals surface area contributed by atoms with Crippen LogP contribution in [0.15, 0.2) is 97.3 Å². The van der Waals surface area contributed by atoms with Gasteiger partial charge in [-0.1, -0.05) is 66.7 Å². The molecule has 1 aromatic heterocycles. The average Bonchev–Trinajstić information content (AvgIpc) is 2.80. The van der Waals surface area contributed by atoms with Gasteiger partial charge in [0.05, 0.1) is 18.8 Å². The van der Waals surface area contributed by atoms with Crippen molar-refractivity contribution in [2.45, 2.75) is 19.4 Å². The van der Waals surface area contributed by atoms with Crippen LogP contribution >= 0.6 is 0 Å². The van der Waals surface area contributed by atoms with Gasteiger partial charge in [-0.3, -0.25) is 4.98 Å². The van der Waals surface area contributed by atoms with Crippen molar-refractivity contribution in [1.29, 1.82) is 0 Å². The smallest absolute Gasteiger partial charge is 0.372 e. The Kier molecular flexibility index (Phi) is 6.14. The molecule has 0 N–H and O–H groups in total. The maximum absolute atomic E-state index is 13.0. The molecule has 0 saturated carbocycles. The third-order valence-electron chi connectivity index (χ3n) is 4.97. The molecule has 0 unspecified atom stereocenters. The van der Waals surface area contributed by atoms with Gasteiger partial charge < -0.3 is 4.74 Å². The molecule has 31 heavy (non-hydrogen) atoms. The molecule has 0 aliphatic rings. The van der Waals surface area contributed by atoms with Crippen LogP contribution in [0.3, 0.4) is 0 Å². The third-order valence-corrected chi connectivity index (χ3v) is 4.97. The van der Waals surface area contributed by atoms with Crippen LogP contribution in [0.2, 0.25) is 0 Å². The minimum absolute atomic E-state index is 0.0893.